The Kier molecular flexibility index (Phi) is 4.20. The average molecular weight is 446 g/mol. The third-order valence-corrected chi connectivity index (χ3v) is 9.56. The maximum atomic E-state index is 13.3. The van der Waals surface area contributed by atoms with Crippen LogP contribution >= 0.6 is 0 Å². The number of nitrogens with zero attached hydrogens (tertiary/aromatic N) is 1. The maximum absolute atomic E-state index is 13.3. The molecular weight excluding hydrogens is 426 g/mol. The Bertz CT molecular complexity index is 1310. The molecule has 2 aromatic carbocycles. The van der Waals surface area contributed by atoms with Crippen LogP contribution in [0.4, 0.5) is 0 Å². The monoisotopic (exact) mass is 445 g/mol. The van der Waals surface area contributed by atoms with E-state index in [0.29, 0.717) is 6.42 Å². The molecule has 156 valence electrons. The molecule has 3 aliphatic rings. The van der Waals surface area contributed by atoms with Crippen LogP contribution in [-0.4, -0.2) is 57.0 Å². The van der Waals surface area contributed by atoms with Gasteiger partial charge in [0.15, 0.2) is 15.6 Å². The molecule has 1 amide bonds. The lowest BCUT2D eigenvalue weighted by Gasteiger charge is -2.29. The number of carbonyl (C=O) groups is 2. The van der Waals surface area contributed by atoms with Crippen LogP contribution in [-0.2, 0) is 19.7 Å². The number of hydrogen-bond donors (Lipinski definition) is 0. The summed E-state index contributed by atoms with van der Waals surface area (Å²) in [5.41, 5.74) is 0.326. The molecule has 0 spiro atoms. The summed E-state index contributed by atoms with van der Waals surface area (Å²) in [7, 11) is -7.12. The lowest BCUT2D eigenvalue weighted by molar-refractivity contribution is 0.0680. The first kappa shape index (κ1) is 19.4. The van der Waals surface area contributed by atoms with Gasteiger partial charge in [0.1, 0.15) is 0 Å². The molecular formula is C21H19NO6S2. The van der Waals surface area contributed by atoms with Gasteiger partial charge in [0.25, 0.3) is 5.91 Å². The topological polar surface area (TPSA) is 106 Å². The molecule has 2 aliphatic heterocycles. The van der Waals surface area contributed by atoms with E-state index in [1.807, 2.05) is 0 Å². The van der Waals surface area contributed by atoms with Gasteiger partial charge in [-0.25, -0.2) is 16.8 Å². The van der Waals surface area contributed by atoms with Crippen LogP contribution in [0, 0.1) is 0 Å². The van der Waals surface area contributed by atoms with Gasteiger partial charge in [0.2, 0.25) is 9.84 Å². The molecule has 0 N–H and O–H groups in total. The van der Waals surface area contributed by atoms with Crippen molar-refractivity contribution in [3.05, 3.63) is 59.2 Å². The van der Waals surface area contributed by atoms with E-state index < -0.39 is 31.5 Å². The average Bonchev–Trinajstić information content (AvgIpc) is 3.48. The van der Waals surface area contributed by atoms with Crippen LogP contribution in [0.2, 0.25) is 0 Å². The van der Waals surface area contributed by atoms with E-state index in [2.05, 4.69) is 0 Å². The fourth-order valence-corrected chi connectivity index (χ4v) is 7.73. The fraction of sp³-hybridized carbons (Fsp3) is 0.333. The van der Waals surface area contributed by atoms with Crippen LogP contribution in [0.15, 0.2) is 52.3 Å². The van der Waals surface area contributed by atoms with Gasteiger partial charge in [-0.05, 0) is 49.6 Å². The molecule has 9 heteroatoms. The summed E-state index contributed by atoms with van der Waals surface area (Å²) in [5, 5.41) is 0. The number of hydrogen-bond acceptors (Lipinski definition) is 6. The summed E-state index contributed by atoms with van der Waals surface area (Å²) in [5.74, 6) is -0.790. The van der Waals surface area contributed by atoms with E-state index in [-0.39, 0.29) is 49.9 Å². The van der Waals surface area contributed by atoms with Gasteiger partial charge >= 0.3 is 0 Å². The Morgan fingerprint density at radius 3 is 2.23 bits per heavy atom. The van der Waals surface area contributed by atoms with E-state index in [1.54, 1.807) is 17.0 Å². The third-order valence-electron chi connectivity index (χ3n) is 5.96. The first-order valence-electron chi connectivity index (χ1n) is 9.75. The molecule has 30 heavy (non-hydrogen) atoms. The summed E-state index contributed by atoms with van der Waals surface area (Å²) < 4.78 is 50.1. The molecule has 0 aromatic heterocycles. The van der Waals surface area contributed by atoms with Gasteiger partial charge in [-0.1, -0.05) is 12.1 Å². The Hall–Kier alpha value is -2.52. The first-order valence-corrected chi connectivity index (χ1v) is 13.1. The van der Waals surface area contributed by atoms with E-state index in [0.717, 1.165) is 12.8 Å². The number of ketones is 1. The molecule has 0 radical (unpaired) electrons. The Morgan fingerprint density at radius 2 is 1.57 bits per heavy atom. The third kappa shape index (κ3) is 2.99. The van der Waals surface area contributed by atoms with Gasteiger partial charge in [-0.3, -0.25) is 9.59 Å². The second kappa shape index (κ2) is 6.49. The summed E-state index contributed by atoms with van der Waals surface area (Å²) >= 11 is 0. The summed E-state index contributed by atoms with van der Waals surface area (Å²) in [6, 6.07) is 9.72. The summed E-state index contributed by atoms with van der Waals surface area (Å²) in [6.45, 7) is 0. The number of rotatable bonds is 3. The Morgan fingerprint density at radius 1 is 0.867 bits per heavy atom. The SMILES string of the molecule is O=C1c2ccccc2S(=O)(=O)c2cc(C(=O)N(C3CC3)C3CCS(=O)(=O)C3)ccc21. The zero-order chi connectivity index (χ0) is 21.3. The zero-order valence-corrected chi connectivity index (χ0v) is 17.6. The number of benzene rings is 2. The molecule has 1 saturated carbocycles. The van der Waals surface area contributed by atoms with E-state index in [4.69, 9.17) is 0 Å². The van der Waals surface area contributed by atoms with Crippen LogP contribution in [0.25, 0.3) is 0 Å². The zero-order valence-electron chi connectivity index (χ0n) is 15.9. The highest BCUT2D eigenvalue weighted by atomic mass is 32.2. The van der Waals surface area contributed by atoms with Gasteiger partial charge in [-0.15, -0.1) is 0 Å². The number of fused-ring (bicyclic) bond motifs is 2. The molecule has 1 aliphatic carbocycles. The van der Waals surface area contributed by atoms with Crippen molar-refractivity contribution >= 4 is 31.4 Å². The van der Waals surface area contributed by atoms with Crippen molar-refractivity contribution in [2.24, 2.45) is 0 Å². The van der Waals surface area contributed by atoms with Crippen molar-refractivity contribution in [1.82, 2.24) is 4.90 Å². The lowest BCUT2D eigenvalue weighted by atomic mass is 10.0. The van der Waals surface area contributed by atoms with Crippen molar-refractivity contribution < 1.29 is 26.4 Å². The number of carbonyl (C=O) groups excluding carboxylic acids is 2. The minimum Gasteiger partial charge on any atom is -0.332 e. The summed E-state index contributed by atoms with van der Waals surface area (Å²) in [4.78, 5) is 27.5. The van der Waals surface area contributed by atoms with Gasteiger partial charge in [0, 0.05) is 28.8 Å². The predicted molar refractivity (Wildman–Crippen MR) is 108 cm³/mol. The highest BCUT2D eigenvalue weighted by Gasteiger charge is 2.43. The lowest BCUT2D eigenvalue weighted by Crippen LogP contribution is -2.42. The van der Waals surface area contributed by atoms with Gasteiger partial charge in [0.05, 0.1) is 21.3 Å². The van der Waals surface area contributed by atoms with Crippen molar-refractivity contribution in [3.63, 3.8) is 0 Å². The molecule has 1 saturated heterocycles. The fourth-order valence-electron chi connectivity index (χ4n) is 4.34. The van der Waals surface area contributed by atoms with Crippen molar-refractivity contribution in [1.29, 1.82) is 0 Å². The van der Waals surface area contributed by atoms with Crippen molar-refractivity contribution in [3.8, 4) is 0 Å². The normalized spacial score (nSPS) is 23.5. The number of amides is 1. The molecule has 2 heterocycles. The predicted octanol–water partition coefficient (Wildman–Crippen LogP) is 1.86. The minimum absolute atomic E-state index is 0.0224. The molecule has 0 bridgehead atoms. The molecule has 1 unspecified atom stereocenters. The van der Waals surface area contributed by atoms with Crippen LogP contribution in [0.5, 0.6) is 0 Å². The minimum atomic E-state index is -3.95. The van der Waals surface area contributed by atoms with Crippen molar-refractivity contribution in [2.45, 2.75) is 41.1 Å². The quantitative estimate of drug-likeness (QED) is 0.609. The first-order chi connectivity index (χ1) is 14.2. The van der Waals surface area contributed by atoms with E-state index in [9.17, 15) is 26.4 Å². The molecule has 5 rings (SSSR count). The van der Waals surface area contributed by atoms with Gasteiger partial charge in [-0.2, -0.15) is 0 Å². The van der Waals surface area contributed by atoms with Crippen LogP contribution < -0.4 is 0 Å². The Balaban J connectivity index is 1.56. The molecule has 1 atom stereocenters. The smallest absolute Gasteiger partial charge is 0.254 e. The largest absolute Gasteiger partial charge is 0.332 e. The second-order valence-corrected chi connectivity index (χ2v) is 12.2. The van der Waals surface area contributed by atoms with E-state index in [1.165, 1.54) is 30.3 Å². The second-order valence-electron chi connectivity index (χ2n) is 8.04. The van der Waals surface area contributed by atoms with Gasteiger partial charge < -0.3 is 4.90 Å². The molecule has 2 fully saturated rings. The highest BCUT2D eigenvalue weighted by molar-refractivity contribution is 7.92. The maximum Gasteiger partial charge on any atom is 0.254 e. The molecule has 2 aromatic rings. The Labute approximate surface area is 174 Å². The highest BCUT2D eigenvalue weighted by Crippen LogP contribution is 2.37. The summed E-state index contributed by atoms with van der Waals surface area (Å²) in [6.07, 6.45) is 1.99. The standard InChI is InChI=1S/C21H19NO6S2/c23-20-16-3-1-2-4-18(16)30(27,28)19-11-13(5-8-17(19)20)21(24)22(14-6-7-14)15-9-10-29(25,26)12-15/h1-5,8,11,14-15H,6-7,9-10,12H2. The molecule has 7 nitrogen and oxygen atoms in total. The van der Waals surface area contributed by atoms with Crippen LogP contribution in [0.3, 0.4) is 0 Å². The van der Waals surface area contributed by atoms with E-state index >= 15 is 0 Å². The van der Waals surface area contributed by atoms with Crippen molar-refractivity contribution in [2.75, 3.05) is 11.5 Å². The number of sulfone groups is 2. The van der Waals surface area contributed by atoms with Crippen LogP contribution in [0.1, 0.15) is 45.5 Å².